The zero-order valence-corrected chi connectivity index (χ0v) is 8.97. The normalized spacial score (nSPS) is 11.8. The molecule has 4 heteroatoms. The maximum Gasteiger partial charge on any atom is 0.323 e. The van der Waals surface area contributed by atoms with Crippen LogP contribution in [-0.2, 0) is 9.63 Å². The Morgan fingerprint density at radius 3 is 2.18 bits per heavy atom. The highest BCUT2D eigenvalue weighted by Crippen LogP contribution is 2.07. The van der Waals surface area contributed by atoms with Crippen LogP contribution in [0.25, 0.3) is 0 Å². The van der Waals surface area contributed by atoms with Crippen molar-refractivity contribution >= 4 is 14.2 Å². The van der Waals surface area contributed by atoms with Gasteiger partial charge in [-0.25, -0.2) is 0 Å². The van der Waals surface area contributed by atoms with E-state index in [9.17, 15) is 4.79 Å². The van der Waals surface area contributed by atoms with Crippen molar-refractivity contribution in [2.45, 2.75) is 33.0 Å². The Bertz CT molecular complexity index is 142. The van der Waals surface area contributed by atoms with E-state index in [4.69, 9.17) is 4.84 Å². The first-order valence-corrected chi connectivity index (χ1v) is 7.27. The molecule has 0 amide bonds. The molecule has 0 unspecified atom stereocenters. The van der Waals surface area contributed by atoms with Crippen LogP contribution in [0.5, 0.6) is 0 Å². The molecule has 0 aromatic heterocycles. The summed E-state index contributed by atoms with van der Waals surface area (Å²) in [6.45, 7) is 8.15. The summed E-state index contributed by atoms with van der Waals surface area (Å²) >= 11 is 0. The summed E-state index contributed by atoms with van der Waals surface area (Å²) < 4.78 is 1.71. The molecule has 0 bridgehead atoms. The second kappa shape index (κ2) is 3.87. The SMILES string of the molecule is CCC(=O)ON(C)[Si](C)(C)C. The van der Waals surface area contributed by atoms with E-state index in [1.54, 1.807) is 11.7 Å². The molecule has 11 heavy (non-hydrogen) atoms. The van der Waals surface area contributed by atoms with Crippen molar-refractivity contribution in [3.63, 3.8) is 0 Å². The van der Waals surface area contributed by atoms with Gasteiger partial charge in [-0.2, -0.15) is 4.73 Å². The molecule has 0 rings (SSSR count). The van der Waals surface area contributed by atoms with Crippen molar-refractivity contribution in [3.8, 4) is 0 Å². The molecule has 0 fully saturated rings. The topological polar surface area (TPSA) is 29.5 Å². The monoisotopic (exact) mass is 175 g/mol. The Balaban J connectivity index is 3.87. The molecule has 0 aliphatic carbocycles. The summed E-state index contributed by atoms with van der Waals surface area (Å²) in [4.78, 5) is 15.8. The quantitative estimate of drug-likeness (QED) is 0.482. The molecule has 0 aliphatic heterocycles. The molecule has 0 heterocycles. The summed E-state index contributed by atoms with van der Waals surface area (Å²) in [5, 5.41) is 0. The minimum atomic E-state index is -1.45. The van der Waals surface area contributed by atoms with Crippen molar-refractivity contribution in [2.75, 3.05) is 7.05 Å². The summed E-state index contributed by atoms with van der Waals surface area (Å²) in [6.07, 6.45) is 0.439. The van der Waals surface area contributed by atoms with E-state index in [1.807, 2.05) is 7.05 Å². The molecule has 0 saturated carbocycles. The Morgan fingerprint density at radius 1 is 1.45 bits per heavy atom. The number of carbonyl (C=O) groups excluding carboxylic acids is 1. The van der Waals surface area contributed by atoms with Crippen molar-refractivity contribution < 1.29 is 9.63 Å². The fraction of sp³-hybridized carbons (Fsp3) is 0.857. The van der Waals surface area contributed by atoms with Gasteiger partial charge in [0.15, 0.2) is 8.24 Å². The first-order valence-electron chi connectivity index (χ1n) is 3.82. The molecule has 0 aromatic carbocycles. The highest BCUT2D eigenvalue weighted by Gasteiger charge is 2.23. The highest BCUT2D eigenvalue weighted by molar-refractivity contribution is 6.73. The average Bonchev–Trinajstić information content (AvgIpc) is 1.85. The Labute approximate surface area is 69.4 Å². The molecule has 0 spiro atoms. The average molecular weight is 175 g/mol. The number of carbonyl (C=O) groups is 1. The van der Waals surface area contributed by atoms with Gasteiger partial charge < -0.3 is 4.84 Å². The standard InChI is InChI=1S/C7H17NO2Si/c1-6-7(9)10-8(2)11(3,4)5/h6H2,1-5H3. The fourth-order valence-corrected chi connectivity index (χ4v) is 0.730. The molecule has 0 saturated heterocycles. The Hall–Kier alpha value is -0.353. The van der Waals surface area contributed by atoms with Gasteiger partial charge in [-0.3, -0.25) is 4.79 Å². The van der Waals surface area contributed by atoms with Crippen LogP contribution < -0.4 is 0 Å². The van der Waals surface area contributed by atoms with Crippen LogP contribution in [0.4, 0.5) is 0 Å². The van der Waals surface area contributed by atoms with Crippen LogP contribution in [0.3, 0.4) is 0 Å². The molecule has 0 aromatic rings. The van der Waals surface area contributed by atoms with Crippen LogP contribution in [0.1, 0.15) is 13.3 Å². The van der Waals surface area contributed by atoms with E-state index >= 15 is 0 Å². The predicted molar refractivity (Wildman–Crippen MR) is 47.5 cm³/mol. The van der Waals surface area contributed by atoms with Gasteiger partial charge in [-0.1, -0.05) is 26.6 Å². The lowest BCUT2D eigenvalue weighted by atomic mass is 10.5. The van der Waals surface area contributed by atoms with Crippen LogP contribution in [-0.4, -0.2) is 26.0 Å². The van der Waals surface area contributed by atoms with Gasteiger partial charge in [0.2, 0.25) is 0 Å². The molecule has 0 radical (unpaired) electrons. The number of hydrogen-bond donors (Lipinski definition) is 0. The first-order chi connectivity index (χ1) is 4.88. The van der Waals surface area contributed by atoms with Crippen LogP contribution in [0.15, 0.2) is 0 Å². The predicted octanol–water partition coefficient (Wildman–Crippen LogP) is 1.62. The second-order valence-electron chi connectivity index (χ2n) is 3.49. The number of rotatable bonds is 3. The number of hydroxylamine groups is 1. The zero-order chi connectivity index (χ0) is 9.07. The zero-order valence-electron chi connectivity index (χ0n) is 7.97. The smallest absolute Gasteiger partial charge is 0.323 e. The van der Waals surface area contributed by atoms with Gasteiger partial charge in [0.1, 0.15) is 0 Å². The summed E-state index contributed by atoms with van der Waals surface area (Å²) in [6, 6.07) is 0. The molecule has 0 atom stereocenters. The molecular weight excluding hydrogens is 158 g/mol. The van der Waals surface area contributed by atoms with Gasteiger partial charge >= 0.3 is 5.97 Å². The third-order valence-electron chi connectivity index (χ3n) is 1.47. The maximum absolute atomic E-state index is 10.8. The fourth-order valence-electron chi connectivity index (χ4n) is 0.354. The van der Waals surface area contributed by atoms with Crippen molar-refractivity contribution in [1.82, 2.24) is 4.73 Å². The molecule has 0 N–H and O–H groups in total. The lowest BCUT2D eigenvalue weighted by Gasteiger charge is -2.27. The minimum absolute atomic E-state index is 0.157. The molecule has 0 aliphatic rings. The maximum atomic E-state index is 10.8. The minimum Gasteiger partial charge on any atom is -0.376 e. The lowest BCUT2D eigenvalue weighted by molar-refractivity contribution is -0.167. The Morgan fingerprint density at radius 2 is 1.91 bits per heavy atom. The summed E-state index contributed by atoms with van der Waals surface area (Å²) in [7, 11) is 0.370. The van der Waals surface area contributed by atoms with Crippen molar-refractivity contribution in [1.29, 1.82) is 0 Å². The largest absolute Gasteiger partial charge is 0.376 e. The lowest BCUT2D eigenvalue weighted by Crippen LogP contribution is -2.44. The summed E-state index contributed by atoms with van der Waals surface area (Å²) in [5.41, 5.74) is 0. The Kier molecular flexibility index (Phi) is 3.75. The third-order valence-corrected chi connectivity index (χ3v) is 3.45. The highest BCUT2D eigenvalue weighted by atomic mass is 28.3. The molecule has 3 nitrogen and oxygen atoms in total. The van der Waals surface area contributed by atoms with Crippen LogP contribution in [0.2, 0.25) is 19.6 Å². The van der Waals surface area contributed by atoms with E-state index in [-0.39, 0.29) is 5.97 Å². The van der Waals surface area contributed by atoms with Crippen molar-refractivity contribution in [3.05, 3.63) is 0 Å². The number of nitrogens with zero attached hydrogens (tertiary/aromatic N) is 1. The van der Waals surface area contributed by atoms with E-state index in [0.717, 1.165) is 0 Å². The van der Waals surface area contributed by atoms with Gasteiger partial charge in [0.05, 0.1) is 0 Å². The van der Waals surface area contributed by atoms with Crippen molar-refractivity contribution in [2.24, 2.45) is 0 Å². The van der Waals surface area contributed by atoms with Gasteiger partial charge in [-0.05, 0) is 0 Å². The third kappa shape index (κ3) is 4.16. The van der Waals surface area contributed by atoms with E-state index in [0.29, 0.717) is 6.42 Å². The number of hydrogen-bond acceptors (Lipinski definition) is 3. The first kappa shape index (κ1) is 10.6. The van der Waals surface area contributed by atoms with Crippen LogP contribution >= 0.6 is 0 Å². The van der Waals surface area contributed by atoms with Crippen LogP contribution in [0, 0.1) is 0 Å². The molecule has 66 valence electrons. The second-order valence-corrected chi connectivity index (χ2v) is 8.46. The van der Waals surface area contributed by atoms with Gasteiger partial charge in [0.25, 0.3) is 0 Å². The van der Waals surface area contributed by atoms with E-state index in [1.165, 1.54) is 0 Å². The van der Waals surface area contributed by atoms with Gasteiger partial charge in [-0.15, -0.1) is 0 Å². The summed E-state index contributed by atoms with van der Waals surface area (Å²) in [5.74, 6) is -0.157. The van der Waals surface area contributed by atoms with Gasteiger partial charge in [0, 0.05) is 13.5 Å². The molecular formula is C7H17NO2Si. The van der Waals surface area contributed by atoms with E-state index in [2.05, 4.69) is 19.6 Å². The van der Waals surface area contributed by atoms with E-state index < -0.39 is 8.24 Å².